The third kappa shape index (κ3) is 2.46. The maximum atomic E-state index is 10.8. The highest BCUT2D eigenvalue weighted by Crippen LogP contribution is 2.22. The highest BCUT2D eigenvalue weighted by Gasteiger charge is 2.33. The number of amides is 1. The van der Waals surface area contributed by atoms with E-state index in [4.69, 9.17) is 9.47 Å². The van der Waals surface area contributed by atoms with Gasteiger partial charge in [-0.05, 0) is 0 Å². The van der Waals surface area contributed by atoms with Gasteiger partial charge in [0.15, 0.2) is 0 Å². The molecule has 1 heterocycles. The van der Waals surface area contributed by atoms with Crippen molar-refractivity contribution >= 4 is 5.91 Å². The predicted molar refractivity (Wildman–Crippen MR) is 49.3 cm³/mol. The van der Waals surface area contributed by atoms with Crippen LogP contribution in [-0.2, 0) is 14.3 Å². The molecule has 3 atom stereocenters. The van der Waals surface area contributed by atoms with Gasteiger partial charge in [-0.2, -0.15) is 0 Å². The average molecular weight is 201 g/mol. The Bertz CT molecular complexity index is 241. The fraction of sp³-hybridized carbons (Fsp3) is 0.667. The van der Waals surface area contributed by atoms with E-state index in [2.05, 4.69) is 11.9 Å². The number of aliphatic hydroxyl groups excluding tert-OH is 1. The van der Waals surface area contributed by atoms with Gasteiger partial charge in [-0.3, -0.25) is 4.79 Å². The summed E-state index contributed by atoms with van der Waals surface area (Å²) in [6, 6.07) is -0.390. The Morgan fingerprint density at radius 2 is 2.43 bits per heavy atom. The topological polar surface area (TPSA) is 67.8 Å². The Balaban J connectivity index is 2.62. The minimum atomic E-state index is -0.870. The van der Waals surface area contributed by atoms with E-state index in [1.807, 2.05) is 0 Å². The van der Waals surface area contributed by atoms with Crippen molar-refractivity contribution in [2.45, 2.75) is 31.8 Å². The standard InChI is InChI=1S/C9H15NO4/c1-5-9(12)7(10-6(2)11)4-8(13-3)14-5/h7-9,12H,1,4H2,2-3H3,(H,10,11). The molecule has 1 rings (SSSR count). The average Bonchev–Trinajstić information content (AvgIpc) is 2.11. The first-order valence-electron chi connectivity index (χ1n) is 4.38. The molecule has 2 N–H and O–H groups in total. The number of carbonyl (C=O) groups excluding carboxylic acids is 1. The summed E-state index contributed by atoms with van der Waals surface area (Å²) >= 11 is 0. The highest BCUT2D eigenvalue weighted by atomic mass is 16.7. The van der Waals surface area contributed by atoms with Gasteiger partial charge in [-0.15, -0.1) is 0 Å². The van der Waals surface area contributed by atoms with Crippen LogP contribution in [0.2, 0.25) is 0 Å². The van der Waals surface area contributed by atoms with Gasteiger partial charge in [0.2, 0.25) is 12.2 Å². The lowest BCUT2D eigenvalue weighted by Crippen LogP contribution is -2.49. The molecule has 0 saturated carbocycles. The quantitative estimate of drug-likeness (QED) is 0.647. The minimum Gasteiger partial charge on any atom is -0.467 e. The zero-order valence-corrected chi connectivity index (χ0v) is 8.32. The number of ether oxygens (including phenoxy) is 2. The molecule has 0 aromatic carbocycles. The summed E-state index contributed by atoms with van der Waals surface area (Å²) in [5.41, 5.74) is 0. The summed E-state index contributed by atoms with van der Waals surface area (Å²) in [7, 11) is 1.50. The van der Waals surface area contributed by atoms with Crippen molar-refractivity contribution in [3.05, 3.63) is 12.3 Å². The highest BCUT2D eigenvalue weighted by molar-refractivity contribution is 5.73. The van der Waals surface area contributed by atoms with Crippen molar-refractivity contribution in [2.24, 2.45) is 0 Å². The van der Waals surface area contributed by atoms with E-state index in [1.165, 1.54) is 14.0 Å². The molecular formula is C9H15NO4. The summed E-state index contributed by atoms with van der Waals surface area (Å²) in [4.78, 5) is 10.8. The molecule has 0 aromatic rings. The van der Waals surface area contributed by atoms with Gasteiger partial charge in [0, 0.05) is 20.5 Å². The third-order valence-corrected chi connectivity index (χ3v) is 2.09. The van der Waals surface area contributed by atoms with Crippen LogP contribution < -0.4 is 5.32 Å². The molecule has 1 aliphatic rings. The predicted octanol–water partition coefficient (Wildman–Crippen LogP) is -0.242. The fourth-order valence-corrected chi connectivity index (χ4v) is 1.39. The number of methoxy groups -OCH3 is 1. The van der Waals surface area contributed by atoms with Crippen LogP contribution in [0.4, 0.5) is 0 Å². The van der Waals surface area contributed by atoms with E-state index in [1.54, 1.807) is 0 Å². The summed E-state index contributed by atoms with van der Waals surface area (Å²) < 4.78 is 10.1. The molecule has 5 heteroatoms. The van der Waals surface area contributed by atoms with Gasteiger partial charge in [-0.1, -0.05) is 6.58 Å². The van der Waals surface area contributed by atoms with Crippen molar-refractivity contribution in [2.75, 3.05) is 7.11 Å². The van der Waals surface area contributed by atoms with Gasteiger partial charge in [0.25, 0.3) is 0 Å². The van der Waals surface area contributed by atoms with Crippen LogP contribution in [0.5, 0.6) is 0 Å². The molecule has 1 fully saturated rings. The van der Waals surface area contributed by atoms with Crippen LogP contribution >= 0.6 is 0 Å². The number of rotatable bonds is 2. The van der Waals surface area contributed by atoms with E-state index in [0.717, 1.165) is 0 Å². The van der Waals surface area contributed by atoms with E-state index in [-0.39, 0.29) is 11.7 Å². The molecule has 0 spiro atoms. The first-order chi connectivity index (χ1) is 6.54. The van der Waals surface area contributed by atoms with Gasteiger partial charge in [0.1, 0.15) is 11.9 Å². The lowest BCUT2D eigenvalue weighted by molar-refractivity contribution is -0.149. The molecular weight excluding hydrogens is 186 g/mol. The fourth-order valence-electron chi connectivity index (χ4n) is 1.39. The van der Waals surface area contributed by atoms with E-state index < -0.39 is 18.4 Å². The van der Waals surface area contributed by atoms with Crippen LogP contribution in [0.15, 0.2) is 12.3 Å². The van der Waals surface area contributed by atoms with Gasteiger partial charge < -0.3 is 19.9 Å². The molecule has 0 bridgehead atoms. The maximum Gasteiger partial charge on any atom is 0.217 e. The SMILES string of the molecule is C=C1OC(OC)CC(NC(C)=O)C1O. The van der Waals surface area contributed by atoms with E-state index >= 15 is 0 Å². The van der Waals surface area contributed by atoms with Crippen LogP contribution in [0.25, 0.3) is 0 Å². The van der Waals surface area contributed by atoms with Crippen molar-refractivity contribution < 1.29 is 19.4 Å². The largest absolute Gasteiger partial charge is 0.467 e. The second-order valence-electron chi connectivity index (χ2n) is 3.24. The molecule has 1 aliphatic heterocycles. The van der Waals surface area contributed by atoms with Crippen molar-refractivity contribution in [3.63, 3.8) is 0 Å². The Labute approximate surface area is 82.7 Å². The normalized spacial score (nSPS) is 32.2. The molecule has 0 aromatic heterocycles. The summed E-state index contributed by atoms with van der Waals surface area (Å²) in [6.45, 7) is 4.94. The van der Waals surface area contributed by atoms with Crippen molar-refractivity contribution in [3.8, 4) is 0 Å². The monoisotopic (exact) mass is 201 g/mol. The number of aliphatic hydroxyl groups is 1. The first-order valence-corrected chi connectivity index (χ1v) is 4.38. The Kier molecular flexibility index (Phi) is 3.49. The van der Waals surface area contributed by atoms with E-state index in [9.17, 15) is 9.90 Å². The Morgan fingerprint density at radius 1 is 1.79 bits per heavy atom. The summed E-state index contributed by atoms with van der Waals surface area (Å²) in [5, 5.41) is 12.2. The zero-order valence-electron chi connectivity index (χ0n) is 8.32. The molecule has 3 unspecified atom stereocenters. The number of nitrogens with one attached hydrogen (secondary N) is 1. The lowest BCUT2D eigenvalue weighted by atomic mass is 10.0. The number of hydrogen-bond donors (Lipinski definition) is 2. The Morgan fingerprint density at radius 3 is 2.93 bits per heavy atom. The second-order valence-corrected chi connectivity index (χ2v) is 3.24. The molecule has 0 radical (unpaired) electrons. The maximum absolute atomic E-state index is 10.8. The Hall–Kier alpha value is -1.07. The van der Waals surface area contributed by atoms with Gasteiger partial charge in [0.05, 0.1) is 6.04 Å². The van der Waals surface area contributed by atoms with Crippen LogP contribution in [0, 0.1) is 0 Å². The van der Waals surface area contributed by atoms with Crippen molar-refractivity contribution in [1.82, 2.24) is 5.32 Å². The third-order valence-electron chi connectivity index (χ3n) is 2.09. The van der Waals surface area contributed by atoms with Crippen LogP contribution in [0.3, 0.4) is 0 Å². The van der Waals surface area contributed by atoms with Gasteiger partial charge >= 0.3 is 0 Å². The molecule has 14 heavy (non-hydrogen) atoms. The minimum absolute atomic E-state index is 0.196. The molecule has 1 amide bonds. The molecule has 0 aliphatic carbocycles. The van der Waals surface area contributed by atoms with Gasteiger partial charge in [-0.25, -0.2) is 0 Å². The smallest absolute Gasteiger partial charge is 0.217 e. The number of hydrogen-bond acceptors (Lipinski definition) is 4. The summed E-state index contributed by atoms with van der Waals surface area (Å²) in [5.74, 6) is 0.0282. The number of carbonyl (C=O) groups is 1. The van der Waals surface area contributed by atoms with E-state index in [0.29, 0.717) is 6.42 Å². The zero-order chi connectivity index (χ0) is 10.7. The lowest BCUT2D eigenvalue weighted by Gasteiger charge is -2.34. The van der Waals surface area contributed by atoms with Crippen LogP contribution in [-0.4, -0.2) is 36.6 Å². The van der Waals surface area contributed by atoms with Crippen molar-refractivity contribution in [1.29, 1.82) is 0 Å². The molecule has 1 saturated heterocycles. The van der Waals surface area contributed by atoms with Crippen LogP contribution in [0.1, 0.15) is 13.3 Å². The molecule has 5 nitrogen and oxygen atoms in total. The molecule has 80 valence electrons. The second kappa shape index (κ2) is 4.43. The first kappa shape index (κ1) is 11.0. The summed E-state index contributed by atoms with van der Waals surface area (Å²) in [6.07, 6.45) is -0.913.